The van der Waals surface area contributed by atoms with E-state index in [2.05, 4.69) is 5.32 Å². The molecule has 176 valence electrons. The van der Waals surface area contributed by atoms with E-state index in [0.29, 0.717) is 41.3 Å². The van der Waals surface area contributed by atoms with E-state index >= 15 is 0 Å². The Morgan fingerprint density at radius 1 is 1.18 bits per heavy atom. The summed E-state index contributed by atoms with van der Waals surface area (Å²) in [5.41, 5.74) is 2.58. The Hall–Kier alpha value is -3.92. The van der Waals surface area contributed by atoms with E-state index in [1.54, 1.807) is 36.4 Å². The van der Waals surface area contributed by atoms with Gasteiger partial charge in [0.2, 0.25) is 6.79 Å². The molecule has 0 saturated carbocycles. The topological polar surface area (TPSA) is 136 Å². The second-order valence-electron chi connectivity index (χ2n) is 7.38. The summed E-state index contributed by atoms with van der Waals surface area (Å²) < 4.78 is 21.4. The lowest BCUT2D eigenvalue weighted by Gasteiger charge is -2.25. The number of rotatable bonds is 9. The van der Waals surface area contributed by atoms with Crippen LogP contribution in [0, 0.1) is 5.92 Å². The van der Waals surface area contributed by atoms with Gasteiger partial charge in [0.05, 0.1) is 7.11 Å². The van der Waals surface area contributed by atoms with Gasteiger partial charge in [0, 0.05) is 17.8 Å². The van der Waals surface area contributed by atoms with Crippen molar-refractivity contribution >= 4 is 17.7 Å². The van der Waals surface area contributed by atoms with Gasteiger partial charge < -0.3 is 24.1 Å². The van der Waals surface area contributed by atoms with E-state index in [1.165, 1.54) is 24.7 Å². The fourth-order valence-electron chi connectivity index (χ4n) is 3.37. The maximum absolute atomic E-state index is 12.7. The molecule has 0 bridgehead atoms. The number of allylic oxidation sites excluding steroid dienone is 1. The molecule has 2 aromatic rings. The first-order valence-electron chi connectivity index (χ1n) is 10.3. The monoisotopic (exact) mass is 458 g/mol. The lowest BCUT2D eigenvalue weighted by molar-refractivity contribution is -0.124. The van der Waals surface area contributed by atoms with Crippen LogP contribution in [-0.2, 0) is 9.53 Å². The van der Waals surface area contributed by atoms with Crippen molar-refractivity contribution < 1.29 is 38.9 Å². The Bertz CT molecular complexity index is 1020. The second kappa shape index (κ2) is 11.1. The molecule has 0 saturated heterocycles. The largest absolute Gasteiger partial charge is 0.504 e. The summed E-state index contributed by atoms with van der Waals surface area (Å²) in [7, 11) is 1.44. The third-order valence-corrected chi connectivity index (χ3v) is 5.07. The third kappa shape index (κ3) is 6.30. The maximum Gasteiger partial charge on any atom is 0.412 e. The molecule has 1 aliphatic heterocycles. The SMILES string of the molecule is COc1ccc([C@H](OC(=O)Nc2ccc3c(c2)OCO3)[C@@H](C)CC/C=C/C(=O)NO)cc1O. The summed E-state index contributed by atoms with van der Waals surface area (Å²) in [6, 6.07) is 9.79. The number of amides is 2. The zero-order chi connectivity index (χ0) is 23.8. The van der Waals surface area contributed by atoms with Crippen LogP contribution in [0.1, 0.15) is 31.4 Å². The molecule has 3 rings (SSSR count). The van der Waals surface area contributed by atoms with Crippen molar-refractivity contribution in [3.8, 4) is 23.0 Å². The second-order valence-corrected chi connectivity index (χ2v) is 7.38. The number of nitrogens with one attached hydrogen (secondary N) is 2. The Balaban J connectivity index is 1.72. The number of hydroxylamine groups is 1. The smallest absolute Gasteiger partial charge is 0.412 e. The predicted octanol–water partition coefficient (Wildman–Crippen LogP) is 3.90. The van der Waals surface area contributed by atoms with E-state index in [-0.39, 0.29) is 18.5 Å². The van der Waals surface area contributed by atoms with Crippen LogP contribution in [0.4, 0.5) is 10.5 Å². The molecule has 2 amide bonds. The van der Waals surface area contributed by atoms with Crippen LogP contribution in [0.3, 0.4) is 0 Å². The molecule has 0 fully saturated rings. The molecule has 0 spiro atoms. The summed E-state index contributed by atoms with van der Waals surface area (Å²) in [6.45, 7) is 2.01. The van der Waals surface area contributed by atoms with Gasteiger partial charge in [-0.2, -0.15) is 0 Å². The van der Waals surface area contributed by atoms with E-state index in [0.717, 1.165) is 0 Å². The number of carbonyl (C=O) groups is 2. The number of phenols is 1. The van der Waals surface area contributed by atoms with E-state index in [1.807, 2.05) is 6.92 Å². The highest BCUT2D eigenvalue weighted by atomic mass is 16.7. The third-order valence-electron chi connectivity index (χ3n) is 5.07. The summed E-state index contributed by atoms with van der Waals surface area (Å²) >= 11 is 0. The minimum Gasteiger partial charge on any atom is -0.504 e. The first-order chi connectivity index (χ1) is 15.9. The fraction of sp³-hybridized carbons (Fsp3) is 0.304. The van der Waals surface area contributed by atoms with Crippen LogP contribution in [0.25, 0.3) is 0 Å². The molecule has 0 aromatic heterocycles. The first kappa shape index (κ1) is 23.7. The zero-order valence-electron chi connectivity index (χ0n) is 18.2. The van der Waals surface area contributed by atoms with Crippen molar-refractivity contribution in [1.82, 2.24) is 5.48 Å². The lowest BCUT2D eigenvalue weighted by Crippen LogP contribution is -2.22. The summed E-state index contributed by atoms with van der Waals surface area (Å²) in [5.74, 6) is 0.536. The summed E-state index contributed by atoms with van der Waals surface area (Å²) in [6.07, 6.45) is 2.50. The molecule has 0 aliphatic carbocycles. The summed E-state index contributed by atoms with van der Waals surface area (Å²) in [4.78, 5) is 23.8. The highest BCUT2D eigenvalue weighted by Crippen LogP contribution is 2.36. The van der Waals surface area contributed by atoms with Gasteiger partial charge in [0.15, 0.2) is 23.0 Å². The Kier molecular flexibility index (Phi) is 7.98. The average Bonchev–Trinajstić information content (AvgIpc) is 3.27. The van der Waals surface area contributed by atoms with Crippen molar-refractivity contribution in [1.29, 1.82) is 0 Å². The van der Waals surface area contributed by atoms with Crippen LogP contribution < -0.4 is 25.0 Å². The van der Waals surface area contributed by atoms with Crippen LogP contribution in [0.15, 0.2) is 48.6 Å². The molecular formula is C23H26N2O8. The number of carbonyl (C=O) groups excluding carboxylic acids is 2. The van der Waals surface area contributed by atoms with Crippen LogP contribution in [0.5, 0.6) is 23.0 Å². The van der Waals surface area contributed by atoms with Crippen LogP contribution in [0.2, 0.25) is 0 Å². The number of fused-ring (bicyclic) bond motifs is 1. The van der Waals surface area contributed by atoms with Crippen molar-refractivity contribution in [3.05, 3.63) is 54.1 Å². The highest BCUT2D eigenvalue weighted by molar-refractivity contribution is 5.86. The van der Waals surface area contributed by atoms with Crippen molar-refractivity contribution in [2.75, 3.05) is 19.2 Å². The van der Waals surface area contributed by atoms with Gasteiger partial charge in [-0.15, -0.1) is 0 Å². The molecule has 0 unspecified atom stereocenters. The molecule has 10 heteroatoms. The fourth-order valence-corrected chi connectivity index (χ4v) is 3.37. The first-order valence-corrected chi connectivity index (χ1v) is 10.3. The Labute approximate surface area is 190 Å². The Morgan fingerprint density at radius 2 is 1.97 bits per heavy atom. The lowest BCUT2D eigenvalue weighted by atomic mass is 9.92. The normalized spacial score (nSPS) is 13.9. The molecule has 2 aromatic carbocycles. The average molecular weight is 458 g/mol. The number of hydrogen-bond acceptors (Lipinski definition) is 8. The van der Waals surface area contributed by atoms with E-state index in [4.69, 9.17) is 24.2 Å². The molecule has 0 radical (unpaired) electrons. The van der Waals surface area contributed by atoms with E-state index in [9.17, 15) is 14.7 Å². The van der Waals surface area contributed by atoms with Crippen molar-refractivity contribution in [3.63, 3.8) is 0 Å². The van der Waals surface area contributed by atoms with Gasteiger partial charge in [-0.3, -0.25) is 15.3 Å². The van der Waals surface area contributed by atoms with Gasteiger partial charge in [0.25, 0.3) is 5.91 Å². The molecular weight excluding hydrogens is 432 g/mol. The summed E-state index contributed by atoms with van der Waals surface area (Å²) in [5, 5.41) is 21.4. The molecule has 10 nitrogen and oxygen atoms in total. The number of methoxy groups -OCH3 is 1. The molecule has 33 heavy (non-hydrogen) atoms. The number of aromatic hydroxyl groups is 1. The molecule has 4 N–H and O–H groups in total. The molecule has 2 atom stereocenters. The predicted molar refractivity (Wildman–Crippen MR) is 118 cm³/mol. The van der Waals surface area contributed by atoms with Crippen molar-refractivity contribution in [2.45, 2.75) is 25.9 Å². The van der Waals surface area contributed by atoms with Crippen LogP contribution in [-0.4, -0.2) is 36.2 Å². The van der Waals surface area contributed by atoms with Gasteiger partial charge in [0.1, 0.15) is 6.10 Å². The van der Waals surface area contributed by atoms with Crippen molar-refractivity contribution in [2.24, 2.45) is 5.92 Å². The van der Waals surface area contributed by atoms with Gasteiger partial charge in [-0.25, -0.2) is 10.3 Å². The molecule has 1 aliphatic rings. The highest BCUT2D eigenvalue weighted by Gasteiger charge is 2.25. The quantitative estimate of drug-likeness (QED) is 0.252. The maximum atomic E-state index is 12.7. The minimum atomic E-state index is -0.698. The van der Waals surface area contributed by atoms with E-state index < -0.39 is 18.1 Å². The molecule has 1 heterocycles. The number of ether oxygens (including phenoxy) is 4. The van der Waals surface area contributed by atoms with Crippen LogP contribution >= 0.6 is 0 Å². The number of phenolic OH excluding ortho intramolecular Hbond substituents is 1. The Morgan fingerprint density at radius 3 is 2.70 bits per heavy atom. The number of benzene rings is 2. The van der Waals surface area contributed by atoms with Gasteiger partial charge in [-0.05, 0) is 48.6 Å². The number of hydrogen-bond donors (Lipinski definition) is 4. The zero-order valence-corrected chi connectivity index (χ0v) is 18.2. The number of anilines is 1. The standard InChI is InChI=1S/C23H26N2O8/c1-14(5-3-4-6-21(27)25-29)22(15-7-9-18(30-2)17(26)11-15)33-23(28)24-16-8-10-19-20(12-16)32-13-31-19/h4,6-12,14,22,26,29H,3,5,13H2,1-2H3,(H,24,28)(H,25,27)/b6-4+/t14-,22+/m0/s1. The van der Waals surface area contributed by atoms with Gasteiger partial charge in [-0.1, -0.05) is 19.1 Å². The minimum absolute atomic E-state index is 0.0773. The van der Waals surface area contributed by atoms with Gasteiger partial charge >= 0.3 is 6.09 Å².